The van der Waals surface area contributed by atoms with Gasteiger partial charge in [0.25, 0.3) is 11.6 Å². The highest BCUT2D eigenvalue weighted by molar-refractivity contribution is 6.07. The van der Waals surface area contributed by atoms with Crippen molar-refractivity contribution < 1.29 is 19.3 Å². The van der Waals surface area contributed by atoms with Gasteiger partial charge in [-0.15, -0.1) is 0 Å². The minimum absolute atomic E-state index is 0.0334. The van der Waals surface area contributed by atoms with Crippen LogP contribution in [0.1, 0.15) is 28.4 Å². The minimum atomic E-state index is -1.34. The van der Waals surface area contributed by atoms with Crippen molar-refractivity contribution in [2.75, 3.05) is 0 Å². The van der Waals surface area contributed by atoms with E-state index < -0.39 is 28.3 Å². The molecular formula is C18H16N4O5. The normalized spacial score (nSPS) is 19.1. The minimum Gasteiger partial charge on any atom is -0.366 e. The second kappa shape index (κ2) is 6.52. The Morgan fingerprint density at radius 3 is 2.48 bits per heavy atom. The number of nitro benzene ring substituents is 1. The molecule has 9 heteroatoms. The van der Waals surface area contributed by atoms with Crippen molar-refractivity contribution >= 4 is 23.5 Å². The molecule has 27 heavy (non-hydrogen) atoms. The summed E-state index contributed by atoms with van der Waals surface area (Å²) in [6.45, 7) is 1.50. The van der Waals surface area contributed by atoms with E-state index in [1.165, 1.54) is 37.3 Å². The topological polar surface area (TPSA) is 136 Å². The zero-order chi connectivity index (χ0) is 19.8. The number of urea groups is 1. The van der Waals surface area contributed by atoms with Crippen LogP contribution in [-0.4, -0.2) is 27.7 Å². The number of amides is 4. The monoisotopic (exact) mass is 368 g/mol. The SMILES string of the molecule is CC1(c2ccc([N+](=O)[O-])cc2)NC(=O)N(Cc2cccc(C(N)=O)c2)C1=O. The molecule has 138 valence electrons. The Labute approximate surface area is 153 Å². The van der Waals surface area contributed by atoms with E-state index in [0.717, 1.165) is 4.90 Å². The maximum Gasteiger partial charge on any atom is 0.325 e. The molecule has 1 saturated heterocycles. The van der Waals surface area contributed by atoms with Crippen LogP contribution in [0.25, 0.3) is 0 Å². The summed E-state index contributed by atoms with van der Waals surface area (Å²) in [6, 6.07) is 11.2. The molecule has 1 aliphatic heterocycles. The summed E-state index contributed by atoms with van der Waals surface area (Å²) in [4.78, 5) is 47.8. The van der Waals surface area contributed by atoms with Crippen molar-refractivity contribution in [1.82, 2.24) is 10.2 Å². The number of hydrogen-bond donors (Lipinski definition) is 2. The fraction of sp³-hybridized carbons (Fsp3) is 0.167. The van der Waals surface area contributed by atoms with Gasteiger partial charge in [-0.25, -0.2) is 4.79 Å². The second-order valence-electron chi connectivity index (χ2n) is 6.32. The molecule has 4 amide bonds. The van der Waals surface area contributed by atoms with E-state index in [0.29, 0.717) is 11.1 Å². The number of nitrogens with two attached hydrogens (primary N) is 1. The molecule has 1 fully saturated rings. The fourth-order valence-corrected chi connectivity index (χ4v) is 2.96. The molecule has 0 bridgehead atoms. The quantitative estimate of drug-likeness (QED) is 0.470. The van der Waals surface area contributed by atoms with E-state index in [4.69, 9.17) is 5.73 Å². The number of primary amides is 1. The van der Waals surface area contributed by atoms with Crippen molar-refractivity contribution in [1.29, 1.82) is 0 Å². The van der Waals surface area contributed by atoms with Crippen LogP contribution in [0.5, 0.6) is 0 Å². The molecule has 1 heterocycles. The lowest BCUT2D eigenvalue weighted by Gasteiger charge is -2.22. The molecule has 1 atom stereocenters. The van der Waals surface area contributed by atoms with Crippen LogP contribution in [0.15, 0.2) is 48.5 Å². The average molecular weight is 368 g/mol. The van der Waals surface area contributed by atoms with Gasteiger partial charge in [-0.1, -0.05) is 12.1 Å². The van der Waals surface area contributed by atoms with Gasteiger partial charge in [0, 0.05) is 17.7 Å². The van der Waals surface area contributed by atoms with Crippen LogP contribution in [0, 0.1) is 10.1 Å². The summed E-state index contributed by atoms with van der Waals surface area (Å²) in [7, 11) is 0. The van der Waals surface area contributed by atoms with Crippen molar-refractivity contribution in [3.05, 3.63) is 75.3 Å². The van der Waals surface area contributed by atoms with Crippen LogP contribution in [-0.2, 0) is 16.9 Å². The summed E-state index contributed by atoms with van der Waals surface area (Å²) in [5.74, 6) is -1.10. The van der Waals surface area contributed by atoms with Crippen LogP contribution in [0.3, 0.4) is 0 Å². The third kappa shape index (κ3) is 3.22. The second-order valence-corrected chi connectivity index (χ2v) is 6.32. The van der Waals surface area contributed by atoms with Gasteiger partial charge < -0.3 is 11.1 Å². The number of rotatable bonds is 5. The number of nitrogens with one attached hydrogen (secondary N) is 1. The van der Waals surface area contributed by atoms with Gasteiger partial charge in [0.2, 0.25) is 5.91 Å². The third-order valence-electron chi connectivity index (χ3n) is 4.48. The van der Waals surface area contributed by atoms with Crippen molar-refractivity contribution in [2.24, 2.45) is 5.73 Å². The summed E-state index contributed by atoms with van der Waals surface area (Å²) in [5.41, 5.74) is 5.08. The van der Waals surface area contributed by atoms with E-state index in [-0.39, 0.29) is 17.8 Å². The van der Waals surface area contributed by atoms with Crippen LogP contribution < -0.4 is 11.1 Å². The first-order chi connectivity index (χ1) is 12.7. The summed E-state index contributed by atoms with van der Waals surface area (Å²) in [5, 5.41) is 13.4. The number of nitro groups is 1. The lowest BCUT2D eigenvalue weighted by molar-refractivity contribution is -0.384. The number of imide groups is 1. The smallest absolute Gasteiger partial charge is 0.325 e. The number of nitrogens with zero attached hydrogens (tertiary/aromatic N) is 2. The molecule has 3 N–H and O–H groups in total. The summed E-state index contributed by atoms with van der Waals surface area (Å²) < 4.78 is 0. The van der Waals surface area contributed by atoms with Gasteiger partial charge in [-0.2, -0.15) is 0 Å². The largest absolute Gasteiger partial charge is 0.366 e. The lowest BCUT2D eigenvalue weighted by Crippen LogP contribution is -2.40. The average Bonchev–Trinajstić information content (AvgIpc) is 2.86. The van der Waals surface area contributed by atoms with Crippen molar-refractivity contribution in [2.45, 2.75) is 19.0 Å². The van der Waals surface area contributed by atoms with E-state index in [1.54, 1.807) is 18.2 Å². The highest BCUT2D eigenvalue weighted by Gasteiger charge is 2.49. The van der Waals surface area contributed by atoms with Crippen molar-refractivity contribution in [3.8, 4) is 0 Å². The first kappa shape index (κ1) is 18.1. The number of carbonyl (C=O) groups excluding carboxylic acids is 3. The van der Waals surface area contributed by atoms with Gasteiger partial charge in [-0.05, 0) is 42.3 Å². The Balaban J connectivity index is 1.87. The zero-order valence-electron chi connectivity index (χ0n) is 14.3. The van der Waals surface area contributed by atoms with E-state index >= 15 is 0 Å². The lowest BCUT2D eigenvalue weighted by atomic mass is 9.92. The molecule has 2 aromatic rings. The first-order valence-corrected chi connectivity index (χ1v) is 8.00. The highest BCUT2D eigenvalue weighted by Crippen LogP contribution is 2.30. The molecule has 9 nitrogen and oxygen atoms in total. The van der Waals surface area contributed by atoms with Gasteiger partial charge in [0.05, 0.1) is 11.5 Å². The number of benzene rings is 2. The Morgan fingerprint density at radius 1 is 1.22 bits per heavy atom. The number of carbonyl (C=O) groups is 3. The van der Waals surface area contributed by atoms with Gasteiger partial charge in [0.15, 0.2) is 0 Å². The Kier molecular flexibility index (Phi) is 4.36. The Hall–Kier alpha value is -3.75. The Bertz CT molecular complexity index is 956. The predicted molar refractivity (Wildman–Crippen MR) is 94.5 cm³/mol. The highest BCUT2D eigenvalue weighted by atomic mass is 16.6. The third-order valence-corrected chi connectivity index (χ3v) is 4.48. The van der Waals surface area contributed by atoms with E-state index in [1.807, 2.05) is 0 Å². The van der Waals surface area contributed by atoms with E-state index in [9.17, 15) is 24.5 Å². The van der Waals surface area contributed by atoms with Crippen LogP contribution >= 0.6 is 0 Å². The molecule has 1 aliphatic rings. The molecule has 0 radical (unpaired) electrons. The maximum absolute atomic E-state index is 12.9. The Morgan fingerprint density at radius 2 is 1.89 bits per heavy atom. The summed E-state index contributed by atoms with van der Waals surface area (Å²) in [6.07, 6.45) is 0. The van der Waals surface area contributed by atoms with Crippen LogP contribution in [0.4, 0.5) is 10.5 Å². The first-order valence-electron chi connectivity index (χ1n) is 8.00. The molecule has 0 aromatic heterocycles. The van der Waals surface area contributed by atoms with E-state index in [2.05, 4.69) is 5.32 Å². The molecule has 1 unspecified atom stereocenters. The van der Waals surface area contributed by atoms with Crippen LogP contribution in [0.2, 0.25) is 0 Å². The molecule has 2 aromatic carbocycles. The van der Waals surface area contributed by atoms with Crippen molar-refractivity contribution in [3.63, 3.8) is 0 Å². The van der Waals surface area contributed by atoms with Gasteiger partial charge >= 0.3 is 6.03 Å². The van der Waals surface area contributed by atoms with Gasteiger partial charge in [0.1, 0.15) is 5.54 Å². The standard InChI is InChI=1S/C18H16N4O5/c1-18(13-5-7-14(8-6-13)22(26)27)16(24)21(17(25)20-18)10-11-3-2-4-12(9-11)15(19)23/h2-9H,10H2,1H3,(H2,19,23)(H,20,25). The molecule has 0 aliphatic carbocycles. The predicted octanol–water partition coefficient (Wildman–Crippen LogP) is 1.66. The zero-order valence-corrected chi connectivity index (χ0v) is 14.3. The number of hydrogen-bond acceptors (Lipinski definition) is 5. The molecular weight excluding hydrogens is 352 g/mol. The molecule has 0 spiro atoms. The fourth-order valence-electron chi connectivity index (χ4n) is 2.96. The maximum atomic E-state index is 12.9. The van der Waals surface area contributed by atoms with Gasteiger partial charge in [-0.3, -0.25) is 24.6 Å². The summed E-state index contributed by atoms with van der Waals surface area (Å²) >= 11 is 0. The molecule has 0 saturated carbocycles. The molecule has 3 rings (SSSR count). The number of non-ortho nitro benzene ring substituents is 1.